The molecule has 0 N–H and O–H groups in total. The minimum atomic E-state index is -2.11. The number of rotatable bonds is 1. The molecule has 1 aromatic carbocycles. The van der Waals surface area contributed by atoms with Crippen LogP contribution in [0, 0.1) is 5.82 Å². The minimum absolute atomic E-state index is 0.220. The van der Waals surface area contributed by atoms with Gasteiger partial charge in [0.1, 0.15) is 5.82 Å². The summed E-state index contributed by atoms with van der Waals surface area (Å²) in [6.07, 6.45) is 0. The molecule has 0 heterocycles. The molecule has 13 heavy (non-hydrogen) atoms. The Labute approximate surface area is 89.4 Å². The molecule has 1 nitrogen and oxygen atoms in total. The van der Waals surface area contributed by atoms with Gasteiger partial charge in [0.05, 0.1) is 5.56 Å². The van der Waals surface area contributed by atoms with Gasteiger partial charge in [-0.3, -0.25) is 4.79 Å². The molecule has 0 radical (unpaired) electrons. The fourth-order valence-electron chi connectivity index (χ4n) is 0.798. The number of alkyl halides is 3. The highest BCUT2D eigenvalue weighted by Crippen LogP contribution is 2.31. The molecule has 0 spiro atoms. The molecule has 0 aromatic heterocycles. The molecule has 0 aliphatic rings. The minimum Gasteiger partial charge on any atom is -0.289 e. The van der Waals surface area contributed by atoms with E-state index in [4.69, 9.17) is 34.8 Å². The van der Waals surface area contributed by atoms with E-state index < -0.39 is 15.4 Å². The zero-order valence-corrected chi connectivity index (χ0v) is 8.50. The number of carbonyl (C=O) groups excluding carboxylic acids is 1. The quantitative estimate of drug-likeness (QED) is 0.544. The maximum atomic E-state index is 13.0. The van der Waals surface area contributed by atoms with Gasteiger partial charge < -0.3 is 0 Å². The molecule has 0 aliphatic heterocycles. The lowest BCUT2D eigenvalue weighted by Gasteiger charge is -2.09. The van der Waals surface area contributed by atoms with Gasteiger partial charge in [0.15, 0.2) is 0 Å². The zero-order chi connectivity index (χ0) is 10.1. The maximum Gasteiger partial charge on any atom is 0.253 e. The van der Waals surface area contributed by atoms with Crippen molar-refractivity contribution in [3.05, 3.63) is 35.6 Å². The van der Waals surface area contributed by atoms with Crippen LogP contribution in [0.15, 0.2) is 24.3 Å². The predicted molar refractivity (Wildman–Crippen MR) is 51.0 cm³/mol. The van der Waals surface area contributed by atoms with Crippen LogP contribution in [0.25, 0.3) is 0 Å². The molecule has 1 aromatic rings. The van der Waals surface area contributed by atoms with Crippen molar-refractivity contribution in [1.82, 2.24) is 0 Å². The summed E-state index contributed by atoms with van der Waals surface area (Å²) in [4.78, 5) is 11.3. The van der Waals surface area contributed by atoms with Gasteiger partial charge in [0.25, 0.3) is 3.79 Å². The van der Waals surface area contributed by atoms with Crippen LogP contribution in [0.1, 0.15) is 10.4 Å². The largest absolute Gasteiger partial charge is 0.289 e. The van der Waals surface area contributed by atoms with E-state index in [1.165, 1.54) is 18.2 Å². The van der Waals surface area contributed by atoms with E-state index in [-0.39, 0.29) is 5.56 Å². The van der Waals surface area contributed by atoms with Gasteiger partial charge >= 0.3 is 0 Å². The summed E-state index contributed by atoms with van der Waals surface area (Å²) >= 11 is 15.9. The first kappa shape index (κ1) is 10.8. The van der Waals surface area contributed by atoms with Crippen molar-refractivity contribution in [1.29, 1.82) is 0 Å². The number of halogens is 4. The molecule has 0 bridgehead atoms. The van der Waals surface area contributed by atoms with Gasteiger partial charge in [-0.05, 0) is 12.1 Å². The van der Waals surface area contributed by atoms with Crippen LogP contribution in [-0.4, -0.2) is 9.58 Å². The third-order valence-electron chi connectivity index (χ3n) is 1.38. The van der Waals surface area contributed by atoms with Crippen LogP contribution in [0.2, 0.25) is 0 Å². The Kier molecular flexibility index (Phi) is 3.17. The average Bonchev–Trinajstić information content (AvgIpc) is 2.02. The smallest absolute Gasteiger partial charge is 0.253 e. The normalized spacial score (nSPS) is 11.4. The molecule has 5 heteroatoms. The van der Waals surface area contributed by atoms with Crippen molar-refractivity contribution in [2.75, 3.05) is 0 Å². The van der Waals surface area contributed by atoms with E-state index in [1.807, 2.05) is 0 Å². The molecule has 0 fully saturated rings. The van der Waals surface area contributed by atoms with E-state index in [0.29, 0.717) is 0 Å². The van der Waals surface area contributed by atoms with Crippen molar-refractivity contribution in [3.63, 3.8) is 0 Å². The third kappa shape index (κ3) is 2.56. The summed E-state index contributed by atoms with van der Waals surface area (Å²) in [6.45, 7) is 0. The third-order valence-corrected chi connectivity index (χ3v) is 1.89. The van der Waals surface area contributed by atoms with Gasteiger partial charge in [-0.2, -0.15) is 0 Å². The molecule has 0 unspecified atom stereocenters. The first-order valence-electron chi connectivity index (χ1n) is 3.29. The summed E-state index contributed by atoms with van der Waals surface area (Å²) < 4.78 is 10.9. The first-order chi connectivity index (χ1) is 5.93. The van der Waals surface area contributed by atoms with Crippen molar-refractivity contribution in [2.45, 2.75) is 3.79 Å². The average molecular weight is 241 g/mol. The number of hydrogen-bond acceptors (Lipinski definition) is 1. The van der Waals surface area contributed by atoms with E-state index in [0.717, 1.165) is 6.07 Å². The topological polar surface area (TPSA) is 17.1 Å². The fraction of sp³-hybridized carbons (Fsp3) is 0.125. The van der Waals surface area contributed by atoms with Gasteiger partial charge in [0, 0.05) is 0 Å². The predicted octanol–water partition coefficient (Wildman–Crippen LogP) is 3.38. The Morgan fingerprint density at radius 1 is 1.23 bits per heavy atom. The lowest BCUT2D eigenvalue weighted by Crippen LogP contribution is -2.20. The van der Waals surface area contributed by atoms with Crippen LogP contribution in [0.5, 0.6) is 0 Å². The maximum absolute atomic E-state index is 13.0. The second-order valence-corrected chi connectivity index (χ2v) is 4.59. The lowest BCUT2D eigenvalue weighted by molar-refractivity contribution is 0.0992. The van der Waals surface area contributed by atoms with Gasteiger partial charge in [-0.1, -0.05) is 46.9 Å². The number of hydrogen-bond donors (Lipinski definition) is 0. The molecular formula is C8H4Cl3FO. The molecule has 0 amide bonds. The standard InChI is InChI=1S/C8H4Cl3FO/c9-8(10,11)7(13)5-3-1-2-4-6(5)12/h1-4H. The molecule has 1 rings (SSSR count). The Hall–Kier alpha value is -0.310. The molecule has 70 valence electrons. The number of carbonyl (C=O) groups is 1. The van der Waals surface area contributed by atoms with Crippen molar-refractivity contribution in [3.8, 4) is 0 Å². The number of ketones is 1. The highest BCUT2D eigenvalue weighted by atomic mass is 35.6. The van der Waals surface area contributed by atoms with Crippen LogP contribution in [-0.2, 0) is 0 Å². The van der Waals surface area contributed by atoms with Crippen molar-refractivity contribution < 1.29 is 9.18 Å². The summed E-state index contributed by atoms with van der Waals surface area (Å²) in [6, 6.07) is 5.33. The van der Waals surface area contributed by atoms with Crippen LogP contribution < -0.4 is 0 Å². The summed E-state index contributed by atoms with van der Waals surface area (Å²) in [5.41, 5.74) is -0.220. The highest BCUT2D eigenvalue weighted by Gasteiger charge is 2.33. The zero-order valence-electron chi connectivity index (χ0n) is 6.23. The van der Waals surface area contributed by atoms with Crippen molar-refractivity contribution in [2.24, 2.45) is 0 Å². The summed E-state index contributed by atoms with van der Waals surface area (Å²) in [7, 11) is 0. The SMILES string of the molecule is O=C(c1ccccc1F)C(Cl)(Cl)Cl. The van der Waals surface area contributed by atoms with Gasteiger partial charge in [0.2, 0.25) is 5.78 Å². The molecule has 0 saturated heterocycles. The van der Waals surface area contributed by atoms with Crippen LogP contribution in [0.4, 0.5) is 4.39 Å². The summed E-state index contributed by atoms with van der Waals surface area (Å²) in [5.74, 6) is -1.56. The molecule has 0 atom stereocenters. The van der Waals surface area contributed by atoms with Gasteiger partial charge in [-0.15, -0.1) is 0 Å². The monoisotopic (exact) mass is 240 g/mol. The second-order valence-electron chi connectivity index (χ2n) is 2.31. The molecular weight excluding hydrogens is 237 g/mol. The molecule has 0 aliphatic carbocycles. The van der Waals surface area contributed by atoms with Gasteiger partial charge in [-0.25, -0.2) is 4.39 Å². The number of Topliss-reactive ketones (excluding diaryl/α,β-unsaturated/α-hetero) is 1. The van der Waals surface area contributed by atoms with Crippen LogP contribution in [0.3, 0.4) is 0 Å². The first-order valence-corrected chi connectivity index (χ1v) is 4.42. The van der Waals surface area contributed by atoms with Crippen molar-refractivity contribution >= 4 is 40.6 Å². The summed E-state index contributed by atoms with van der Waals surface area (Å²) in [5, 5.41) is 0. The molecule has 0 saturated carbocycles. The van der Waals surface area contributed by atoms with E-state index in [2.05, 4.69) is 0 Å². The van der Waals surface area contributed by atoms with E-state index in [9.17, 15) is 9.18 Å². The second kappa shape index (κ2) is 3.82. The van der Waals surface area contributed by atoms with E-state index >= 15 is 0 Å². The highest BCUT2D eigenvalue weighted by molar-refractivity contribution is 6.77. The Morgan fingerprint density at radius 2 is 1.77 bits per heavy atom. The number of benzene rings is 1. The Balaban J connectivity index is 3.10. The Bertz CT molecular complexity index is 332. The van der Waals surface area contributed by atoms with Crippen LogP contribution >= 0.6 is 34.8 Å². The van der Waals surface area contributed by atoms with E-state index in [1.54, 1.807) is 0 Å². The fourth-order valence-corrected chi connectivity index (χ4v) is 1.10. The Morgan fingerprint density at radius 3 is 2.23 bits per heavy atom. The lowest BCUT2D eigenvalue weighted by atomic mass is 10.1.